The Hall–Kier alpha value is -2.07. The number of phenols is 1. The van der Waals surface area contributed by atoms with Crippen molar-refractivity contribution in [3.05, 3.63) is 59.7 Å². The lowest BCUT2D eigenvalue weighted by molar-refractivity contribution is 0.103. The summed E-state index contributed by atoms with van der Waals surface area (Å²) in [5.41, 5.74) is 1.12. The minimum Gasteiger partial charge on any atom is -0.507 e. The van der Waals surface area contributed by atoms with E-state index in [1.54, 1.807) is 24.3 Å². The molecule has 0 spiro atoms. The second kappa shape index (κ2) is 11.2. The summed E-state index contributed by atoms with van der Waals surface area (Å²) in [4.78, 5) is 12.7. The van der Waals surface area contributed by atoms with Gasteiger partial charge in [-0.3, -0.25) is 4.79 Å². The Morgan fingerprint density at radius 1 is 0.931 bits per heavy atom. The van der Waals surface area contributed by atoms with Crippen molar-refractivity contribution in [2.45, 2.75) is 77.2 Å². The van der Waals surface area contributed by atoms with Crippen LogP contribution in [0, 0.1) is 0 Å². The fourth-order valence-electron chi connectivity index (χ4n) is 4.68. The largest absolute Gasteiger partial charge is 0.507 e. The van der Waals surface area contributed by atoms with Crippen LogP contribution >= 0.6 is 0 Å². The Balaban J connectivity index is 2.27. The van der Waals surface area contributed by atoms with Gasteiger partial charge in [0.25, 0.3) is 0 Å². The molecule has 0 amide bonds. The number of hydrogen-bond donors (Lipinski definition) is 1. The van der Waals surface area contributed by atoms with Gasteiger partial charge in [0.15, 0.2) is 5.78 Å². The zero-order valence-corrected chi connectivity index (χ0v) is 19.4. The van der Waals surface area contributed by atoms with E-state index in [2.05, 4.69) is 27.7 Å². The molecule has 0 saturated carbocycles. The van der Waals surface area contributed by atoms with Gasteiger partial charge in [-0.05, 0) is 18.6 Å². The first-order valence-corrected chi connectivity index (χ1v) is 13.8. The summed E-state index contributed by atoms with van der Waals surface area (Å²) in [6.07, 6.45) is 4.57. The molecule has 0 heterocycles. The normalized spacial score (nSPS) is 12.6. The summed E-state index contributed by atoms with van der Waals surface area (Å²) < 4.78 is 6.50. The molecule has 2 rings (SSSR count). The first kappa shape index (κ1) is 23.2. The zero-order chi connectivity index (χ0) is 21.3. The molecule has 3 nitrogen and oxygen atoms in total. The van der Waals surface area contributed by atoms with E-state index in [0.717, 1.165) is 6.42 Å². The number of benzene rings is 2. The highest BCUT2D eigenvalue weighted by Crippen LogP contribution is 2.35. The molecule has 1 atom stereocenters. The fourth-order valence-corrected chi connectivity index (χ4v) is 10.6. The molecule has 0 bridgehead atoms. The van der Waals surface area contributed by atoms with Crippen molar-refractivity contribution in [1.82, 2.24) is 0 Å². The summed E-state index contributed by atoms with van der Waals surface area (Å²) in [6.45, 7) is 9.03. The van der Waals surface area contributed by atoms with Gasteiger partial charge in [0.2, 0.25) is 0 Å². The Kier molecular flexibility index (Phi) is 8.96. The number of rotatable bonds is 12. The van der Waals surface area contributed by atoms with Gasteiger partial charge in [-0.1, -0.05) is 95.4 Å². The van der Waals surface area contributed by atoms with E-state index >= 15 is 0 Å². The van der Waals surface area contributed by atoms with Crippen LogP contribution in [0.5, 0.6) is 11.5 Å². The van der Waals surface area contributed by atoms with E-state index in [4.69, 9.17) is 4.74 Å². The fraction of sp³-hybridized carbons (Fsp3) is 0.480. The second-order valence-corrected chi connectivity index (χ2v) is 12.9. The molecular formula is C25H36O3Si. The highest BCUT2D eigenvalue weighted by atomic mass is 28.3. The summed E-state index contributed by atoms with van der Waals surface area (Å²) >= 11 is 0. The van der Waals surface area contributed by atoms with Crippen LogP contribution in [-0.4, -0.2) is 24.7 Å². The van der Waals surface area contributed by atoms with Gasteiger partial charge in [0.05, 0.1) is 11.3 Å². The van der Waals surface area contributed by atoms with Gasteiger partial charge in [-0.15, -0.1) is 0 Å². The first-order valence-electron chi connectivity index (χ1n) is 11.1. The van der Waals surface area contributed by atoms with Crippen molar-refractivity contribution in [2.75, 3.05) is 0 Å². The maximum absolute atomic E-state index is 12.7. The van der Waals surface area contributed by atoms with Crippen molar-refractivity contribution < 1.29 is 14.6 Å². The molecule has 158 valence electrons. The summed E-state index contributed by atoms with van der Waals surface area (Å²) in [7, 11) is -1.58. The topological polar surface area (TPSA) is 46.5 Å². The number of carbonyl (C=O) groups excluding carboxylic acids is 1. The third-order valence-electron chi connectivity index (χ3n) is 5.83. The lowest BCUT2D eigenvalue weighted by Gasteiger charge is -2.38. The summed E-state index contributed by atoms with van der Waals surface area (Å²) in [5, 5.41) is 10.5. The SMILES string of the molecule is CCC[Si](CCC)(CCC)C(CC)Oc1ccc(C(=O)c2ccccc2)c(O)c1. The Morgan fingerprint density at radius 3 is 2.00 bits per heavy atom. The van der Waals surface area contributed by atoms with E-state index in [9.17, 15) is 9.90 Å². The van der Waals surface area contributed by atoms with Crippen LogP contribution in [0.3, 0.4) is 0 Å². The van der Waals surface area contributed by atoms with E-state index in [1.807, 2.05) is 24.3 Å². The molecule has 0 aliphatic heterocycles. The molecule has 0 aliphatic carbocycles. The van der Waals surface area contributed by atoms with Gasteiger partial charge in [0.1, 0.15) is 19.6 Å². The van der Waals surface area contributed by atoms with Gasteiger partial charge in [-0.2, -0.15) is 0 Å². The molecular weight excluding hydrogens is 376 g/mol. The first-order chi connectivity index (χ1) is 14.0. The molecule has 1 N–H and O–H groups in total. The number of ketones is 1. The predicted molar refractivity (Wildman–Crippen MR) is 124 cm³/mol. The highest BCUT2D eigenvalue weighted by molar-refractivity contribution is 6.81. The van der Waals surface area contributed by atoms with Gasteiger partial charge < -0.3 is 9.84 Å². The quantitative estimate of drug-likeness (QED) is 0.301. The van der Waals surface area contributed by atoms with E-state index in [1.165, 1.54) is 37.4 Å². The summed E-state index contributed by atoms with van der Waals surface area (Å²) in [5.74, 6) is 0.479. The molecule has 29 heavy (non-hydrogen) atoms. The van der Waals surface area contributed by atoms with Gasteiger partial charge in [-0.25, -0.2) is 0 Å². The molecule has 0 saturated heterocycles. The Bertz CT molecular complexity index is 756. The number of ether oxygens (including phenoxy) is 1. The monoisotopic (exact) mass is 412 g/mol. The minimum atomic E-state index is -1.58. The van der Waals surface area contributed by atoms with Crippen LogP contribution in [0.25, 0.3) is 0 Å². The predicted octanol–water partition coefficient (Wildman–Crippen LogP) is 7.00. The molecule has 2 aromatic carbocycles. The Labute approximate surface area is 177 Å². The minimum absolute atomic E-state index is 0.0139. The lowest BCUT2D eigenvalue weighted by Crippen LogP contribution is -2.50. The third-order valence-corrected chi connectivity index (χ3v) is 12.2. The van der Waals surface area contributed by atoms with Crippen LogP contribution in [0.1, 0.15) is 69.3 Å². The van der Waals surface area contributed by atoms with Crippen molar-refractivity contribution >= 4 is 13.9 Å². The van der Waals surface area contributed by atoms with Crippen molar-refractivity contribution in [3.63, 3.8) is 0 Å². The van der Waals surface area contributed by atoms with Gasteiger partial charge in [0, 0.05) is 11.6 Å². The van der Waals surface area contributed by atoms with Crippen LogP contribution < -0.4 is 4.74 Å². The lowest BCUT2D eigenvalue weighted by atomic mass is 10.0. The number of carbonyl (C=O) groups is 1. The third kappa shape index (κ3) is 5.72. The van der Waals surface area contributed by atoms with Crippen molar-refractivity contribution in [1.29, 1.82) is 0 Å². The van der Waals surface area contributed by atoms with Crippen molar-refractivity contribution in [2.24, 2.45) is 0 Å². The average molecular weight is 413 g/mol. The molecule has 2 aromatic rings. The molecule has 0 fully saturated rings. The number of phenolic OH excluding ortho intramolecular Hbond substituents is 1. The van der Waals surface area contributed by atoms with Crippen molar-refractivity contribution in [3.8, 4) is 11.5 Å². The van der Waals surface area contributed by atoms with Crippen LogP contribution in [-0.2, 0) is 0 Å². The zero-order valence-electron chi connectivity index (χ0n) is 18.4. The molecule has 1 unspecified atom stereocenters. The maximum atomic E-state index is 12.7. The molecule has 0 aliphatic rings. The smallest absolute Gasteiger partial charge is 0.196 e. The number of hydrogen-bond acceptors (Lipinski definition) is 3. The molecule has 4 heteroatoms. The van der Waals surface area contributed by atoms with E-state index in [-0.39, 0.29) is 17.3 Å². The van der Waals surface area contributed by atoms with Crippen LogP contribution in [0.2, 0.25) is 18.1 Å². The molecule has 0 radical (unpaired) electrons. The second-order valence-electron chi connectivity index (χ2n) is 8.00. The Morgan fingerprint density at radius 2 is 1.52 bits per heavy atom. The van der Waals surface area contributed by atoms with Crippen LogP contribution in [0.4, 0.5) is 0 Å². The average Bonchev–Trinajstić information content (AvgIpc) is 2.72. The standard InChI is InChI=1S/C25H36O3Si/c1-5-16-29(17-6-2,18-7-3)24(8-4)28-21-14-15-22(23(26)19-21)25(27)20-12-10-9-11-13-20/h9-15,19,24,26H,5-8,16-18H2,1-4H3. The van der Waals surface area contributed by atoms with Gasteiger partial charge >= 0.3 is 0 Å². The summed E-state index contributed by atoms with van der Waals surface area (Å²) in [6, 6.07) is 18.0. The number of aromatic hydroxyl groups is 1. The van der Waals surface area contributed by atoms with Crippen LogP contribution in [0.15, 0.2) is 48.5 Å². The molecule has 0 aromatic heterocycles. The highest BCUT2D eigenvalue weighted by Gasteiger charge is 2.39. The van der Waals surface area contributed by atoms with E-state index < -0.39 is 8.07 Å². The maximum Gasteiger partial charge on any atom is 0.196 e. The van der Waals surface area contributed by atoms with E-state index in [0.29, 0.717) is 16.9 Å².